The Morgan fingerprint density at radius 1 is 1.06 bits per heavy atom. The Bertz CT molecular complexity index is 559. The van der Waals surface area contributed by atoms with Crippen molar-refractivity contribution >= 4 is 17.3 Å². The second-order valence-corrected chi connectivity index (χ2v) is 2.73. The largest absolute Gasteiger partial charge is 0.484 e. The van der Waals surface area contributed by atoms with Gasteiger partial charge in [0.25, 0.3) is 0 Å². The maximum absolute atomic E-state index is 13.4. The van der Waals surface area contributed by atoms with Gasteiger partial charge in [0.05, 0.1) is 12.0 Å². The van der Waals surface area contributed by atoms with Gasteiger partial charge in [-0.2, -0.15) is 4.39 Å². The van der Waals surface area contributed by atoms with Crippen molar-refractivity contribution in [2.24, 2.45) is 0 Å². The summed E-state index contributed by atoms with van der Waals surface area (Å²) in [5.74, 6) is -5.92. The lowest BCUT2D eigenvalue weighted by Gasteiger charge is -2.03. The summed E-state index contributed by atoms with van der Waals surface area (Å²) < 4.78 is 17.7. The van der Waals surface area contributed by atoms with E-state index in [9.17, 15) is 34.7 Å². The van der Waals surface area contributed by atoms with Crippen molar-refractivity contribution in [2.45, 2.75) is 0 Å². The van der Waals surface area contributed by atoms with Gasteiger partial charge in [0.2, 0.25) is 0 Å². The van der Waals surface area contributed by atoms with Gasteiger partial charge >= 0.3 is 28.9 Å². The third-order valence-corrected chi connectivity index (χ3v) is 1.77. The van der Waals surface area contributed by atoms with Crippen molar-refractivity contribution in [1.82, 2.24) is 4.98 Å². The fourth-order valence-corrected chi connectivity index (χ4v) is 1.11. The smallest absolute Gasteiger partial charge is 0.418 e. The van der Waals surface area contributed by atoms with Gasteiger partial charge in [-0.3, -0.25) is 10.1 Å². The average Bonchev–Trinajstić information content (AvgIpc) is 2.26. The average molecular weight is 262 g/mol. The van der Waals surface area contributed by atoms with Crippen LogP contribution in [0.15, 0.2) is 0 Å². The van der Waals surface area contributed by atoms with Crippen molar-refractivity contribution in [3.8, 4) is 5.75 Å². The Morgan fingerprint density at radius 3 is 1.89 bits per heavy atom. The summed E-state index contributed by atoms with van der Waals surface area (Å²) in [5.41, 5.74) is -1.51. The molecule has 0 saturated heterocycles. The molecule has 1 aromatic rings. The molecule has 1 heterocycles. The Morgan fingerprint density at radius 2 is 1.56 bits per heavy atom. The van der Waals surface area contributed by atoms with Crippen LogP contribution in [0.1, 0.15) is 0 Å². The second-order valence-electron chi connectivity index (χ2n) is 2.73. The SMILES string of the molecule is COc1c([N+](=O)[O-])nc([N+](=O)[O-])c(F)c1[N+](=O)[O-]. The van der Waals surface area contributed by atoms with E-state index < -0.39 is 43.7 Å². The lowest BCUT2D eigenvalue weighted by Crippen LogP contribution is -2.07. The molecule has 0 bridgehead atoms. The molecule has 0 unspecified atom stereocenters. The van der Waals surface area contributed by atoms with Crippen molar-refractivity contribution in [3.63, 3.8) is 0 Å². The third-order valence-electron chi connectivity index (χ3n) is 1.77. The number of halogens is 1. The molecule has 11 nitrogen and oxygen atoms in total. The van der Waals surface area contributed by atoms with Gasteiger partial charge in [0.15, 0.2) is 0 Å². The number of rotatable bonds is 4. The lowest BCUT2D eigenvalue weighted by atomic mass is 10.3. The summed E-state index contributed by atoms with van der Waals surface area (Å²) in [5, 5.41) is 31.5. The number of hydrogen-bond acceptors (Lipinski definition) is 8. The zero-order valence-electron chi connectivity index (χ0n) is 8.52. The number of aromatic nitrogens is 1. The number of methoxy groups -OCH3 is 1. The number of nitro groups is 3. The number of ether oxygens (including phenoxy) is 1. The van der Waals surface area contributed by atoms with E-state index in [1.165, 1.54) is 0 Å². The summed E-state index contributed by atoms with van der Waals surface area (Å²) in [6, 6.07) is 0. The van der Waals surface area contributed by atoms with Crippen LogP contribution in [0.25, 0.3) is 0 Å². The van der Waals surface area contributed by atoms with Gasteiger partial charge in [0.1, 0.15) is 0 Å². The first-order chi connectivity index (χ1) is 8.31. The van der Waals surface area contributed by atoms with Gasteiger partial charge in [-0.1, -0.05) is 0 Å². The molecule has 12 heteroatoms. The van der Waals surface area contributed by atoms with Crippen LogP contribution in [0.5, 0.6) is 5.75 Å². The highest BCUT2D eigenvalue weighted by Gasteiger charge is 2.39. The standard InChI is InChI=1S/C6H3FN4O7/c1-18-4-3(9(12)13)2(7)5(10(14)15)8-6(4)11(16)17/h1H3. The first-order valence-electron chi connectivity index (χ1n) is 4.01. The molecule has 18 heavy (non-hydrogen) atoms. The van der Waals surface area contributed by atoms with Crippen LogP contribution < -0.4 is 4.74 Å². The lowest BCUT2D eigenvalue weighted by molar-refractivity contribution is -0.414. The van der Waals surface area contributed by atoms with E-state index in [2.05, 4.69) is 9.72 Å². The molecule has 0 spiro atoms. The minimum absolute atomic E-state index is 0.808. The van der Waals surface area contributed by atoms with Crippen LogP contribution >= 0.6 is 0 Å². The summed E-state index contributed by atoms with van der Waals surface area (Å²) in [6.45, 7) is 0. The minimum Gasteiger partial charge on any atom is -0.484 e. The molecule has 0 aromatic carbocycles. The highest BCUT2D eigenvalue weighted by molar-refractivity contribution is 5.60. The van der Waals surface area contributed by atoms with E-state index >= 15 is 0 Å². The van der Waals surface area contributed by atoms with E-state index in [-0.39, 0.29) is 0 Å². The normalized spacial score (nSPS) is 9.89. The topological polar surface area (TPSA) is 152 Å². The van der Waals surface area contributed by atoms with E-state index in [0.717, 1.165) is 7.11 Å². The Hall–Kier alpha value is -2.92. The van der Waals surface area contributed by atoms with Gasteiger partial charge in [0, 0.05) is 4.98 Å². The quantitative estimate of drug-likeness (QED) is 0.574. The van der Waals surface area contributed by atoms with Crippen molar-refractivity contribution in [1.29, 1.82) is 0 Å². The molecule has 0 aliphatic heterocycles. The molecule has 1 rings (SSSR count). The highest BCUT2D eigenvalue weighted by Crippen LogP contribution is 2.40. The second kappa shape index (κ2) is 4.52. The first-order valence-corrected chi connectivity index (χ1v) is 4.01. The maximum Gasteiger partial charge on any atom is 0.418 e. The molecule has 0 aliphatic carbocycles. The van der Waals surface area contributed by atoms with Crippen LogP contribution in [0.2, 0.25) is 0 Å². The summed E-state index contributed by atoms with van der Waals surface area (Å²) in [7, 11) is 0.808. The number of hydrogen-bond donors (Lipinski definition) is 0. The van der Waals surface area contributed by atoms with E-state index in [1.807, 2.05) is 0 Å². The van der Waals surface area contributed by atoms with E-state index in [0.29, 0.717) is 0 Å². The van der Waals surface area contributed by atoms with Crippen LogP contribution in [-0.4, -0.2) is 26.9 Å². The summed E-state index contributed by atoms with van der Waals surface area (Å²) in [6.07, 6.45) is 0. The Kier molecular flexibility index (Phi) is 3.30. The Labute approximate surface area is 96.3 Å². The molecular weight excluding hydrogens is 259 g/mol. The fraction of sp³-hybridized carbons (Fsp3) is 0.167. The molecule has 0 amide bonds. The monoisotopic (exact) mass is 262 g/mol. The first kappa shape index (κ1) is 13.1. The van der Waals surface area contributed by atoms with Crippen LogP contribution in [0.3, 0.4) is 0 Å². The van der Waals surface area contributed by atoms with E-state index in [1.54, 1.807) is 0 Å². The zero-order valence-corrected chi connectivity index (χ0v) is 8.52. The fourth-order valence-electron chi connectivity index (χ4n) is 1.11. The highest BCUT2D eigenvalue weighted by atomic mass is 19.1. The molecule has 0 radical (unpaired) electrons. The molecule has 0 atom stereocenters. The molecule has 0 fully saturated rings. The molecule has 0 saturated carbocycles. The number of nitrogens with zero attached hydrogens (tertiary/aromatic N) is 4. The predicted molar refractivity (Wildman–Crippen MR) is 50.7 cm³/mol. The predicted octanol–water partition coefficient (Wildman–Crippen LogP) is 0.954. The van der Waals surface area contributed by atoms with Crippen LogP contribution in [0.4, 0.5) is 21.7 Å². The van der Waals surface area contributed by atoms with Gasteiger partial charge in [-0.15, -0.1) is 0 Å². The van der Waals surface area contributed by atoms with Gasteiger partial charge < -0.3 is 25.0 Å². The van der Waals surface area contributed by atoms with Crippen molar-refractivity contribution < 1.29 is 23.9 Å². The van der Waals surface area contributed by atoms with Gasteiger partial charge in [-0.05, 0) is 9.85 Å². The number of pyridine rings is 1. The molecular formula is C6H3FN4O7. The minimum atomic E-state index is -1.91. The van der Waals surface area contributed by atoms with Gasteiger partial charge in [-0.25, -0.2) is 0 Å². The van der Waals surface area contributed by atoms with Crippen molar-refractivity contribution in [3.05, 3.63) is 36.2 Å². The van der Waals surface area contributed by atoms with Crippen molar-refractivity contribution in [2.75, 3.05) is 7.11 Å². The van der Waals surface area contributed by atoms with E-state index in [4.69, 9.17) is 0 Å². The molecule has 0 aliphatic rings. The summed E-state index contributed by atoms with van der Waals surface area (Å²) in [4.78, 5) is 30.2. The molecule has 96 valence electrons. The summed E-state index contributed by atoms with van der Waals surface area (Å²) >= 11 is 0. The van der Waals surface area contributed by atoms with Crippen LogP contribution in [-0.2, 0) is 0 Å². The molecule has 0 N–H and O–H groups in total. The Balaban J connectivity index is 3.81. The van der Waals surface area contributed by atoms with Crippen LogP contribution in [0, 0.1) is 36.2 Å². The zero-order chi connectivity index (χ0) is 14.0. The third kappa shape index (κ3) is 1.98. The maximum atomic E-state index is 13.4. The molecule has 1 aromatic heterocycles.